The summed E-state index contributed by atoms with van der Waals surface area (Å²) in [4.78, 5) is 0. The Bertz CT molecular complexity index is 400. The van der Waals surface area contributed by atoms with E-state index in [1.165, 1.54) is 24.8 Å². The molecular formula is C18H29NO. The Labute approximate surface area is 123 Å². The first-order valence-electron chi connectivity index (χ1n) is 8.09. The van der Waals surface area contributed by atoms with Crippen LogP contribution in [-0.4, -0.2) is 12.6 Å². The lowest BCUT2D eigenvalue weighted by Crippen LogP contribution is -2.40. The van der Waals surface area contributed by atoms with Gasteiger partial charge in [0.1, 0.15) is 5.75 Å². The van der Waals surface area contributed by atoms with Crippen LogP contribution in [0.2, 0.25) is 0 Å². The van der Waals surface area contributed by atoms with E-state index in [4.69, 9.17) is 4.74 Å². The van der Waals surface area contributed by atoms with Crippen LogP contribution in [0.3, 0.4) is 0 Å². The van der Waals surface area contributed by atoms with E-state index in [0.717, 1.165) is 24.2 Å². The quantitative estimate of drug-likeness (QED) is 0.850. The molecule has 112 valence electrons. The standard InChI is InChI=1S/C18H29NO/c1-5-20-17-10-8-16(9-11-17)15(4)19-18-12-13(2)6-7-14(18)3/h8-11,13-15,18-19H,5-7,12H2,1-4H3. The molecule has 1 N–H and O–H groups in total. The summed E-state index contributed by atoms with van der Waals surface area (Å²) < 4.78 is 5.50. The molecule has 1 aromatic rings. The summed E-state index contributed by atoms with van der Waals surface area (Å²) in [6.45, 7) is 9.77. The van der Waals surface area contributed by atoms with Gasteiger partial charge in [-0.05, 0) is 56.2 Å². The molecule has 20 heavy (non-hydrogen) atoms. The summed E-state index contributed by atoms with van der Waals surface area (Å²) in [6, 6.07) is 9.57. The fourth-order valence-electron chi connectivity index (χ4n) is 3.20. The Hall–Kier alpha value is -1.02. The van der Waals surface area contributed by atoms with Crippen molar-refractivity contribution in [3.8, 4) is 5.75 Å². The van der Waals surface area contributed by atoms with Crippen LogP contribution < -0.4 is 10.1 Å². The lowest BCUT2D eigenvalue weighted by atomic mass is 9.79. The van der Waals surface area contributed by atoms with Gasteiger partial charge >= 0.3 is 0 Å². The van der Waals surface area contributed by atoms with Crippen LogP contribution in [0.4, 0.5) is 0 Å². The van der Waals surface area contributed by atoms with Gasteiger partial charge in [0, 0.05) is 12.1 Å². The maximum Gasteiger partial charge on any atom is 0.119 e. The Balaban J connectivity index is 1.94. The molecule has 0 amide bonds. The molecule has 2 rings (SSSR count). The smallest absolute Gasteiger partial charge is 0.119 e. The van der Waals surface area contributed by atoms with Crippen LogP contribution in [0.15, 0.2) is 24.3 Å². The van der Waals surface area contributed by atoms with Crippen molar-refractivity contribution in [1.82, 2.24) is 5.32 Å². The monoisotopic (exact) mass is 275 g/mol. The van der Waals surface area contributed by atoms with Gasteiger partial charge in [-0.15, -0.1) is 0 Å². The first-order valence-corrected chi connectivity index (χ1v) is 8.09. The number of hydrogen-bond donors (Lipinski definition) is 1. The normalized spacial score (nSPS) is 28.1. The van der Waals surface area contributed by atoms with Crippen molar-refractivity contribution in [1.29, 1.82) is 0 Å². The molecule has 1 saturated carbocycles. The van der Waals surface area contributed by atoms with Crippen molar-refractivity contribution in [2.24, 2.45) is 11.8 Å². The molecule has 2 nitrogen and oxygen atoms in total. The van der Waals surface area contributed by atoms with Crippen molar-refractivity contribution in [3.05, 3.63) is 29.8 Å². The van der Waals surface area contributed by atoms with Gasteiger partial charge in [-0.1, -0.05) is 32.4 Å². The van der Waals surface area contributed by atoms with Gasteiger partial charge in [-0.2, -0.15) is 0 Å². The zero-order valence-corrected chi connectivity index (χ0v) is 13.4. The molecule has 4 unspecified atom stereocenters. The maximum absolute atomic E-state index is 5.50. The number of nitrogens with one attached hydrogen (secondary N) is 1. The lowest BCUT2D eigenvalue weighted by molar-refractivity contribution is 0.216. The highest BCUT2D eigenvalue weighted by molar-refractivity contribution is 5.29. The lowest BCUT2D eigenvalue weighted by Gasteiger charge is -2.35. The van der Waals surface area contributed by atoms with Crippen LogP contribution in [0.1, 0.15) is 58.6 Å². The Morgan fingerprint density at radius 2 is 1.90 bits per heavy atom. The zero-order chi connectivity index (χ0) is 14.5. The fourth-order valence-corrected chi connectivity index (χ4v) is 3.20. The molecule has 0 saturated heterocycles. The first-order chi connectivity index (χ1) is 9.60. The van der Waals surface area contributed by atoms with E-state index >= 15 is 0 Å². The Morgan fingerprint density at radius 3 is 2.55 bits per heavy atom. The number of hydrogen-bond acceptors (Lipinski definition) is 2. The topological polar surface area (TPSA) is 21.3 Å². The molecular weight excluding hydrogens is 246 g/mol. The van der Waals surface area contributed by atoms with E-state index in [1.807, 2.05) is 6.92 Å². The Kier molecular flexibility index (Phi) is 5.47. The fraction of sp³-hybridized carbons (Fsp3) is 0.667. The van der Waals surface area contributed by atoms with Crippen molar-refractivity contribution >= 4 is 0 Å². The predicted octanol–water partition coefficient (Wildman–Crippen LogP) is 4.56. The minimum Gasteiger partial charge on any atom is -0.494 e. The van der Waals surface area contributed by atoms with Gasteiger partial charge in [0.05, 0.1) is 6.61 Å². The van der Waals surface area contributed by atoms with E-state index in [-0.39, 0.29) is 0 Å². The van der Waals surface area contributed by atoms with Crippen molar-refractivity contribution in [2.45, 2.75) is 59.0 Å². The molecule has 4 atom stereocenters. The summed E-state index contributed by atoms with van der Waals surface area (Å²) in [6.07, 6.45) is 4.05. The van der Waals surface area contributed by atoms with Gasteiger partial charge < -0.3 is 10.1 Å². The third-order valence-electron chi connectivity index (χ3n) is 4.61. The van der Waals surface area contributed by atoms with Crippen molar-refractivity contribution < 1.29 is 4.74 Å². The summed E-state index contributed by atoms with van der Waals surface area (Å²) in [5, 5.41) is 3.83. The van der Waals surface area contributed by atoms with E-state index in [1.54, 1.807) is 0 Å². The molecule has 1 aliphatic carbocycles. The zero-order valence-electron chi connectivity index (χ0n) is 13.4. The summed E-state index contributed by atoms with van der Waals surface area (Å²) >= 11 is 0. The van der Waals surface area contributed by atoms with Gasteiger partial charge in [0.2, 0.25) is 0 Å². The van der Waals surface area contributed by atoms with Crippen molar-refractivity contribution in [2.75, 3.05) is 6.61 Å². The largest absolute Gasteiger partial charge is 0.494 e. The highest BCUT2D eigenvalue weighted by Crippen LogP contribution is 2.30. The first kappa shape index (κ1) is 15.4. The second-order valence-electron chi connectivity index (χ2n) is 6.39. The molecule has 0 spiro atoms. The highest BCUT2D eigenvalue weighted by atomic mass is 16.5. The third-order valence-corrected chi connectivity index (χ3v) is 4.61. The highest BCUT2D eigenvalue weighted by Gasteiger charge is 2.26. The van der Waals surface area contributed by atoms with E-state index in [9.17, 15) is 0 Å². The SMILES string of the molecule is CCOc1ccc(C(C)NC2CC(C)CCC2C)cc1. The average Bonchev–Trinajstić information content (AvgIpc) is 2.44. The summed E-state index contributed by atoms with van der Waals surface area (Å²) in [5.74, 6) is 2.61. The molecule has 0 aliphatic heterocycles. The number of rotatable bonds is 5. The van der Waals surface area contributed by atoms with Crippen LogP contribution in [-0.2, 0) is 0 Å². The average molecular weight is 275 g/mol. The predicted molar refractivity (Wildman–Crippen MR) is 85.1 cm³/mol. The molecule has 0 bridgehead atoms. The van der Waals surface area contributed by atoms with E-state index in [0.29, 0.717) is 12.1 Å². The summed E-state index contributed by atoms with van der Waals surface area (Å²) in [7, 11) is 0. The van der Waals surface area contributed by atoms with Gasteiger partial charge in [-0.3, -0.25) is 0 Å². The van der Waals surface area contributed by atoms with Gasteiger partial charge in [0.15, 0.2) is 0 Å². The van der Waals surface area contributed by atoms with Crippen LogP contribution in [0.25, 0.3) is 0 Å². The van der Waals surface area contributed by atoms with Gasteiger partial charge in [-0.25, -0.2) is 0 Å². The molecule has 1 aromatic carbocycles. The second kappa shape index (κ2) is 7.12. The minimum atomic E-state index is 0.406. The number of ether oxygens (including phenoxy) is 1. The third kappa shape index (κ3) is 3.99. The second-order valence-corrected chi connectivity index (χ2v) is 6.39. The van der Waals surface area contributed by atoms with Crippen LogP contribution in [0, 0.1) is 11.8 Å². The van der Waals surface area contributed by atoms with Crippen molar-refractivity contribution in [3.63, 3.8) is 0 Å². The molecule has 0 aromatic heterocycles. The Morgan fingerprint density at radius 1 is 1.20 bits per heavy atom. The minimum absolute atomic E-state index is 0.406. The molecule has 1 fully saturated rings. The molecule has 0 radical (unpaired) electrons. The molecule has 1 aliphatic rings. The summed E-state index contributed by atoms with van der Waals surface area (Å²) in [5.41, 5.74) is 1.35. The van der Waals surface area contributed by atoms with Crippen LogP contribution >= 0.6 is 0 Å². The molecule has 0 heterocycles. The maximum atomic E-state index is 5.50. The van der Waals surface area contributed by atoms with E-state index in [2.05, 4.69) is 50.4 Å². The van der Waals surface area contributed by atoms with Gasteiger partial charge in [0.25, 0.3) is 0 Å². The number of benzene rings is 1. The van der Waals surface area contributed by atoms with E-state index < -0.39 is 0 Å². The van der Waals surface area contributed by atoms with Crippen LogP contribution in [0.5, 0.6) is 5.75 Å². The molecule has 2 heteroatoms.